The monoisotopic (exact) mass is 466 g/mol. The van der Waals surface area contributed by atoms with Gasteiger partial charge in [0, 0.05) is 43.9 Å². The molecule has 1 aliphatic heterocycles. The summed E-state index contributed by atoms with van der Waals surface area (Å²) < 4.78 is 9.49. The summed E-state index contributed by atoms with van der Waals surface area (Å²) in [5, 5.41) is 0.494. The molecule has 3 heterocycles. The number of para-hydroxylation sites is 1. The first-order valence-corrected chi connectivity index (χ1v) is 11.4. The van der Waals surface area contributed by atoms with Crippen molar-refractivity contribution in [3.63, 3.8) is 0 Å². The fourth-order valence-corrected chi connectivity index (χ4v) is 3.98. The number of aromatic nitrogens is 3. The van der Waals surface area contributed by atoms with Gasteiger partial charge in [0.05, 0.1) is 11.3 Å². The lowest BCUT2D eigenvalue weighted by Crippen LogP contribution is -2.50. The first kappa shape index (κ1) is 22.7. The van der Waals surface area contributed by atoms with Crippen LogP contribution in [0.4, 0.5) is 21.4 Å². The third kappa shape index (κ3) is 5.46. The second-order valence-corrected chi connectivity index (χ2v) is 9.32. The summed E-state index contributed by atoms with van der Waals surface area (Å²) in [5.41, 5.74) is 0.646. The summed E-state index contributed by atoms with van der Waals surface area (Å²) in [4.78, 5) is 39.7. The van der Waals surface area contributed by atoms with Gasteiger partial charge in [-0.25, -0.2) is 14.8 Å². The number of rotatable bonds is 4. The second kappa shape index (κ2) is 9.53. The van der Waals surface area contributed by atoms with Crippen molar-refractivity contribution >= 4 is 40.2 Å². The van der Waals surface area contributed by atoms with Crippen LogP contribution in [-0.4, -0.2) is 63.0 Å². The molecule has 9 nitrogen and oxygen atoms in total. The molecule has 0 saturated carbocycles. The number of hydrogen-bond acceptors (Lipinski definition) is 8. The van der Waals surface area contributed by atoms with Crippen LogP contribution in [0.1, 0.15) is 31.1 Å². The Labute approximate surface area is 196 Å². The van der Waals surface area contributed by atoms with Crippen LogP contribution in [0.5, 0.6) is 0 Å². The van der Waals surface area contributed by atoms with E-state index in [1.54, 1.807) is 17.2 Å². The van der Waals surface area contributed by atoms with E-state index in [9.17, 15) is 9.59 Å². The number of carbonyl (C=O) groups excluding carboxylic acids is 2. The van der Waals surface area contributed by atoms with Crippen molar-refractivity contribution in [3.05, 3.63) is 60.6 Å². The lowest BCUT2D eigenvalue weighted by molar-refractivity contribution is 0.0240. The minimum atomic E-state index is -0.513. The Morgan fingerprint density at radius 1 is 1.00 bits per heavy atom. The molecule has 4 rings (SSSR count). The van der Waals surface area contributed by atoms with E-state index in [2.05, 4.69) is 19.2 Å². The first-order chi connectivity index (χ1) is 15.8. The maximum Gasteiger partial charge on any atom is 0.410 e. The van der Waals surface area contributed by atoms with Crippen molar-refractivity contribution in [1.29, 1.82) is 0 Å². The van der Waals surface area contributed by atoms with Gasteiger partial charge in [-0.3, -0.25) is 9.69 Å². The van der Waals surface area contributed by atoms with Gasteiger partial charge in [0.25, 0.3) is 5.91 Å². The van der Waals surface area contributed by atoms with E-state index < -0.39 is 5.60 Å². The van der Waals surface area contributed by atoms with Crippen LogP contribution in [0, 0.1) is 0 Å². The smallest absolute Gasteiger partial charge is 0.410 e. The summed E-state index contributed by atoms with van der Waals surface area (Å²) in [6.45, 7) is 7.96. The van der Waals surface area contributed by atoms with Crippen LogP contribution in [-0.2, 0) is 4.74 Å². The Bertz CT molecular complexity index is 1080. The predicted octanol–water partition coefficient (Wildman–Crippen LogP) is 3.97. The van der Waals surface area contributed by atoms with Crippen LogP contribution in [0.2, 0.25) is 0 Å². The van der Waals surface area contributed by atoms with E-state index in [-0.39, 0.29) is 12.0 Å². The molecular weight excluding hydrogens is 440 g/mol. The van der Waals surface area contributed by atoms with E-state index >= 15 is 0 Å². The molecule has 2 aromatic heterocycles. The molecule has 33 heavy (non-hydrogen) atoms. The third-order valence-corrected chi connectivity index (χ3v) is 5.66. The predicted molar refractivity (Wildman–Crippen MR) is 127 cm³/mol. The van der Waals surface area contributed by atoms with Crippen molar-refractivity contribution in [2.24, 2.45) is 0 Å². The zero-order chi connectivity index (χ0) is 23.4. The number of nitrogens with zero attached hydrogens (tertiary/aromatic N) is 6. The maximum absolute atomic E-state index is 13.3. The molecule has 0 unspecified atom stereocenters. The molecule has 0 spiro atoms. The van der Waals surface area contributed by atoms with Crippen LogP contribution in [0.15, 0.2) is 55.0 Å². The van der Waals surface area contributed by atoms with Gasteiger partial charge in [-0.1, -0.05) is 18.2 Å². The topological polar surface area (TPSA) is 91.8 Å². The van der Waals surface area contributed by atoms with Gasteiger partial charge in [-0.15, -0.1) is 0 Å². The van der Waals surface area contributed by atoms with E-state index in [1.807, 2.05) is 57.2 Å². The number of carbonyl (C=O) groups is 2. The van der Waals surface area contributed by atoms with Gasteiger partial charge in [-0.05, 0) is 45.0 Å². The fourth-order valence-electron chi connectivity index (χ4n) is 3.43. The number of amides is 2. The molecule has 0 radical (unpaired) electrons. The van der Waals surface area contributed by atoms with Gasteiger partial charge >= 0.3 is 6.09 Å². The Morgan fingerprint density at radius 2 is 1.73 bits per heavy atom. The summed E-state index contributed by atoms with van der Waals surface area (Å²) in [5.74, 6) is 0.532. The largest absolute Gasteiger partial charge is 0.444 e. The molecule has 3 aromatic rings. The van der Waals surface area contributed by atoms with Crippen LogP contribution >= 0.6 is 11.5 Å². The number of ether oxygens (including phenoxy) is 1. The van der Waals surface area contributed by atoms with Gasteiger partial charge in [0.1, 0.15) is 17.7 Å². The summed E-state index contributed by atoms with van der Waals surface area (Å²) >= 11 is 1.15. The number of piperazine rings is 1. The highest BCUT2D eigenvalue weighted by atomic mass is 32.1. The molecule has 1 aliphatic rings. The summed E-state index contributed by atoms with van der Waals surface area (Å²) in [7, 11) is 0. The van der Waals surface area contributed by atoms with E-state index in [4.69, 9.17) is 4.74 Å². The SMILES string of the molecule is CC(C)(C)OC(=O)N1CCN(c2ccc(C(=O)N(c3ccccc3)c3ncns3)cn2)CC1. The molecule has 0 bridgehead atoms. The lowest BCUT2D eigenvalue weighted by Gasteiger charge is -2.36. The molecular formula is C23H26N6O3S. The van der Waals surface area contributed by atoms with E-state index in [0.29, 0.717) is 42.6 Å². The standard InChI is InChI=1S/C23H26N6O3S/c1-23(2,3)32-22(31)28-13-11-27(12-14-28)19-10-9-17(15-24-19)20(30)29(21-25-16-26-33-21)18-7-5-4-6-8-18/h4-10,15-16H,11-14H2,1-3H3. The van der Waals surface area contributed by atoms with Crippen molar-refractivity contribution in [1.82, 2.24) is 19.2 Å². The summed E-state index contributed by atoms with van der Waals surface area (Å²) in [6, 6.07) is 12.9. The highest BCUT2D eigenvalue weighted by molar-refractivity contribution is 7.10. The Morgan fingerprint density at radius 3 is 2.30 bits per heavy atom. The number of hydrogen-bond donors (Lipinski definition) is 0. The summed E-state index contributed by atoms with van der Waals surface area (Å²) in [6.07, 6.45) is 2.71. The second-order valence-electron chi connectivity index (χ2n) is 8.56. The van der Waals surface area contributed by atoms with Gasteiger partial charge in [-0.2, -0.15) is 4.37 Å². The average molecular weight is 467 g/mol. The molecule has 10 heteroatoms. The highest BCUT2D eigenvalue weighted by Crippen LogP contribution is 2.28. The van der Waals surface area contributed by atoms with E-state index in [1.165, 1.54) is 11.2 Å². The van der Waals surface area contributed by atoms with Crippen LogP contribution in [0.25, 0.3) is 0 Å². The van der Waals surface area contributed by atoms with E-state index in [0.717, 1.165) is 17.4 Å². The molecule has 1 saturated heterocycles. The fraction of sp³-hybridized carbons (Fsp3) is 0.348. The molecule has 0 N–H and O–H groups in total. The zero-order valence-electron chi connectivity index (χ0n) is 18.8. The van der Waals surface area contributed by atoms with Gasteiger partial charge in [0.15, 0.2) is 0 Å². The zero-order valence-corrected chi connectivity index (χ0v) is 19.7. The molecule has 172 valence electrons. The third-order valence-electron chi connectivity index (χ3n) is 5.01. The van der Waals surface area contributed by atoms with Crippen molar-refractivity contribution in [2.75, 3.05) is 36.0 Å². The minimum absolute atomic E-state index is 0.230. The minimum Gasteiger partial charge on any atom is -0.444 e. The first-order valence-electron chi connectivity index (χ1n) is 10.7. The molecule has 2 amide bonds. The highest BCUT2D eigenvalue weighted by Gasteiger charge is 2.27. The lowest BCUT2D eigenvalue weighted by atomic mass is 10.2. The number of benzene rings is 1. The molecule has 0 aliphatic carbocycles. The van der Waals surface area contributed by atoms with Crippen molar-refractivity contribution in [3.8, 4) is 0 Å². The van der Waals surface area contributed by atoms with Gasteiger partial charge in [0.2, 0.25) is 5.13 Å². The maximum atomic E-state index is 13.3. The quantitative estimate of drug-likeness (QED) is 0.574. The number of anilines is 3. The Hall–Kier alpha value is -3.53. The van der Waals surface area contributed by atoms with Crippen LogP contribution < -0.4 is 9.80 Å². The Balaban J connectivity index is 1.44. The molecule has 1 fully saturated rings. The number of pyridine rings is 1. The van der Waals surface area contributed by atoms with Crippen molar-refractivity contribution < 1.29 is 14.3 Å². The Kier molecular flexibility index (Phi) is 6.55. The van der Waals surface area contributed by atoms with Gasteiger partial charge < -0.3 is 14.5 Å². The molecule has 0 atom stereocenters. The van der Waals surface area contributed by atoms with Crippen LogP contribution in [0.3, 0.4) is 0 Å². The van der Waals surface area contributed by atoms with Crippen molar-refractivity contribution in [2.45, 2.75) is 26.4 Å². The average Bonchev–Trinajstić information content (AvgIpc) is 3.33. The molecule has 1 aromatic carbocycles. The normalized spacial score (nSPS) is 14.2.